The lowest BCUT2D eigenvalue weighted by atomic mass is 10.1. The second-order valence-electron chi connectivity index (χ2n) is 6.32. The maximum Gasteiger partial charge on any atom is 0.258 e. The third-order valence-corrected chi connectivity index (χ3v) is 4.36. The van der Waals surface area contributed by atoms with Gasteiger partial charge in [0.25, 0.3) is 11.6 Å². The van der Waals surface area contributed by atoms with Crippen molar-refractivity contribution in [3.8, 4) is 0 Å². The lowest BCUT2D eigenvalue weighted by Gasteiger charge is -2.32. The Kier molecular flexibility index (Phi) is 3.76. The lowest BCUT2D eigenvalue weighted by molar-refractivity contribution is -0.0264. The molecule has 8 nitrogen and oxygen atoms in total. The number of ether oxygens (including phenoxy) is 1. The van der Waals surface area contributed by atoms with Crippen molar-refractivity contribution in [3.05, 3.63) is 40.7 Å². The summed E-state index contributed by atoms with van der Waals surface area (Å²) in [7, 11) is 0. The van der Waals surface area contributed by atoms with Crippen LogP contribution >= 0.6 is 0 Å². The van der Waals surface area contributed by atoms with Gasteiger partial charge in [-0.3, -0.25) is 4.79 Å². The molecule has 25 heavy (non-hydrogen) atoms. The van der Waals surface area contributed by atoms with Crippen molar-refractivity contribution < 1.29 is 14.1 Å². The fourth-order valence-electron chi connectivity index (χ4n) is 3.15. The molecule has 4 heterocycles. The molecule has 0 saturated carbocycles. The molecule has 1 aliphatic rings. The molecule has 4 rings (SSSR count). The number of amides is 1. The normalized spacial score (nSPS) is 18.0. The number of carbonyl (C=O) groups is 1. The maximum absolute atomic E-state index is 13.1. The van der Waals surface area contributed by atoms with Gasteiger partial charge in [-0.05, 0) is 26.8 Å². The van der Waals surface area contributed by atoms with Gasteiger partial charge in [0.15, 0.2) is 0 Å². The summed E-state index contributed by atoms with van der Waals surface area (Å²) in [6.45, 7) is 7.02. The predicted molar refractivity (Wildman–Crippen MR) is 89.2 cm³/mol. The number of aryl methyl sites for hydroxylation is 3. The molecule has 8 heteroatoms. The highest BCUT2D eigenvalue weighted by atomic mass is 16.5. The lowest BCUT2D eigenvalue weighted by Crippen LogP contribution is -2.42. The Morgan fingerprint density at radius 1 is 1.36 bits per heavy atom. The topological polar surface area (TPSA) is 97.1 Å². The van der Waals surface area contributed by atoms with Crippen molar-refractivity contribution in [1.29, 1.82) is 0 Å². The van der Waals surface area contributed by atoms with Gasteiger partial charge in [-0.2, -0.15) is 0 Å². The first-order valence-corrected chi connectivity index (χ1v) is 8.19. The molecule has 1 amide bonds. The zero-order chi connectivity index (χ0) is 17.6. The molecule has 0 spiro atoms. The van der Waals surface area contributed by atoms with E-state index in [1.54, 1.807) is 17.2 Å². The van der Waals surface area contributed by atoms with Gasteiger partial charge in [0.2, 0.25) is 0 Å². The van der Waals surface area contributed by atoms with Crippen molar-refractivity contribution in [1.82, 2.24) is 25.0 Å². The van der Waals surface area contributed by atoms with E-state index in [4.69, 9.17) is 9.26 Å². The molecule has 0 aliphatic carbocycles. The van der Waals surface area contributed by atoms with Crippen LogP contribution < -0.4 is 0 Å². The van der Waals surface area contributed by atoms with Gasteiger partial charge in [0.1, 0.15) is 11.9 Å². The molecule has 1 fully saturated rings. The van der Waals surface area contributed by atoms with Crippen LogP contribution in [0.4, 0.5) is 0 Å². The minimum Gasteiger partial charge on any atom is -0.367 e. The van der Waals surface area contributed by atoms with Crippen LogP contribution in [-0.4, -0.2) is 50.6 Å². The molecule has 0 bridgehead atoms. The number of hydrogen-bond donors (Lipinski definition) is 1. The average molecular weight is 341 g/mol. The van der Waals surface area contributed by atoms with Crippen molar-refractivity contribution >= 4 is 17.0 Å². The van der Waals surface area contributed by atoms with E-state index >= 15 is 0 Å². The number of aromatic amines is 1. The summed E-state index contributed by atoms with van der Waals surface area (Å²) < 4.78 is 11.0. The van der Waals surface area contributed by atoms with Crippen molar-refractivity contribution in [2.75, 3.05) is 19.7 Å². The van der Waals surface area contributed by atoms with Gasteiger partial charge in [0, 0.05) is 24.1 Å². The summed E-state index contributed by atoms with van der Waals surface area (Å²) >= 11 is 0. The third-order valence-electron chi connectivity index (χ3n) is 4.36. The smallest absolute Gasteiger partial charge is 0.258 e. The van der Waals surface area contributed by atoms with E-state index in [0.717, 1.165) is 17.2 Å². The average Bonchev–Trinajstić information content (AvgIpc) is 3.20. The number of H-pyrrole nitrogens is 1. The van der Waals surface area contributed by atoms with Crippen LogP contribution in [0, 0.1) is 20.8 Å². The minimum atomic E-state index is -0.256. The van der Waals surface area contributed by atoms with Gasteiger partial charge < -0.3 is 19.1 Å². The highest BCUT2D eigenvalue weighted by Gasteiger charge is 2.29. The summed E-state index contributed by atoms with van der Waals surface area (Å²) in [4.78, 5) is 26.7. The van der Waals surface area contributed by atoms with E-state index in [9.17, 15) is 4.79 Å². The van der Waals surface area contributed by atoms with Crippen molar-refractivity contribution in [3.63, 3.8) is 0 Å². The van der Waals surface area contributed by atoms with Crippen LogP contribution in [0.15, 0.2) is 16.8 Å². The molecular formula is C17H19N5O3. The zero-order valence-corrected chi connectivity index (χ0v) is 14.4. The molecule has 0 unspecified atom stereocenters. The number of fused-ring (bicyclic) bond motifs is 1. The number of rotatable bonds is 2. The highest BCUT2D eigenvalue weighted by molar-refractivity contribution is 6.06. The molecule has 1 N–H and O–H groups in total. The molecule has 1 saturated heterocycles. The molecule has 1 atom stereocenters. The van der Waals surface area contributed by atoms with Crippen LogP contribution in [0.3, 0.4) is 0 Å². The van der Waals surface area contributed by atoms with Crippen molar-refractivity contribution in [2.24, 2.45) is 0 Å². The first kappa shape index (κ1) is 15.8. The molecule has 3 aromatic rings. The number of imidazole rings is 1. The Morgan fingerprint density at radius 2 is 2.20 bits per heavy atom. The van der Waals surface area contributed by atoms with Gasteiger partial charge >= 0.3 is 0 Å². The zero-order valence-electron chi connectivity index (χ0n) is 14.4. The second-order valence-corrected chi connectivity index (χ2v) is 6.32. The third kappa shape index (κ3) is 2.78. The Balaban J connectivity index is 1.65. The summed E-state index contributed by atoms with van der Waals surface area (Å²) in [5, 5.41) is 4.62. The van der Waals surface area contributed by atoms with E-state index in [0.29, 0.717) is 42.1 Å². The number of carbonyl (C=O) groups excluding carboxylic acids is 1. The first-order chi connectivity index (χ1) is 12.0. The SMILES string of the molecule is Cc1cc(C(=O)N2CCO[C@@H](c3ncc(C)[nH]3)C2)c2c(C)noc2n1. The largest absolute Gasteiger partial charge is 0.367 e. The summed E-state index contributed by atoms with van der Waals surface area (Å²) in [5.41, 5.74) is 3.31. The summed E-state index contributed by atoms with van der Waals surface area (Å²) in [6.07, 6.45) is 1.50. The summed E-state index contributed by atoms with van der Waals surface area (Å²) in [6, 6.07) is 1.79. The van der Waals surface area contributed by atoms with Gasteiger partial charge in [-0.1, -0.05) is 5.16 Å². The first-order valence-electron chi connectivity index (χ1n) is 8.19. The van der Waals surface area contributed by atoms with Crippen LogP contribution in [0.5, 0.6) is 0 Å². The minimum absolute atomic E-state index is 0.0709. The van der Waals surface area contributed by atoms with Crippen molar-refractivity contribution in [2.45, 2.75) is 26.9 Å². The second kappa shape index (κ2) is 5.96. The quantitative estimate of drug-likeness (QED) is 0.766. The Morgan fingerprint density at radius 3 is 2.96 bits per heavy atom. The predicted octanol–water partition coefficient (Wildman–Crippen LogP) is 2.08. The van der Waals surface area contributed by atoms with E-state index in [1.807, 2.05) is 20.8 Å². The number of nitrogens with one attached hydrogen (secondary N) is 1. The van der Waals surface area contributed by atoms with Crippen LogP contribution in [0.1, 0.15) is 39.4 Å². The number of morpholine rings is 1. The van der Waals surface area contributed by atoms with Crippen LogP contribution in [0.2, 0.25) is 0 Å². The Labute approximate surface area is 144 Å². The molecular weight excluding hydrogens is 322 g/mol. The number of nitrogens with zero attached hydrogens (tertiary/aromatic N) is 4. The van der Waals surface area contributed by atoms with Crippen LogP contribution in [-0.2, 0) is 4.74 Å². The molecule has 3 aromatic heterocycles. The van der Waals surface area contributed by atoms with Gasteiger partial charge in [-0.25, -0.2) is 9.97 Å². The summed E-state index contributed by atoms with van der Waals surface area (Å²) in [5.74, 6) is 0.672. The fraction of sp³-hybridized carbons (Fsp3) is 0.412. The monoisotopic (exact) mass is 341 g/mol. The maximum atomic E-state index is 13.1. The Bertz CT molecular complexity index is 945. The molecule has 1 aliphatic heterocycles. The fourth-order valence-corrected chi connectivity index (χ4v) is 3.15. The standard InChI is InChI=1S/C17H19N5O3/c1-9-6-12(14-11(3)21-25-16(14)20-9)17(23)22-4-5-24-13(8-22)15-18-7-10(2)19-15/h6-7,13H,4-5,8H2,1-3H3,(H,18,19)/t13-/m1/s1. The van der Waals surface area contributed by atoms with E-state index in [2.05, 4.69) is 20.1 Å². The molecule has 0 radical (unpaired) electrons. The number of pyridine rings is 1. The van der Waals surface area contributed by atoms with E-state index in [1.165, 1.54) is 0 Å². The van der Waals surface area contributed by atoms with Gasteiger partial charge in [-0.15, -0.1) is 0 Å². The number of aromatic nitrogens is 4. The highest BCUT2D eigenvalue weighted by Crippen LogP contribution is 2.26. The van der Waals surface area contributed by atoms with Crippen LogP contribution in [0.25, 0.3) is 11.1 Å². The van der Waals surface area contributed by atoms with E-state index in [-0.39, 0.29) is 12.0 Å². The molecule has 0 aromatic carbocycles. The van der Waals surface area contributed by atoms with E-state index < -0.39 is 0 Å². The number of hydrogen-bond acceptors (Lipinski definition) is 6. The molecule has 130 valence electrons. The van der Waals surface area contributed by atoms with Gasteiger partial charge in [0.05, 0.1) is 29.8 Å². The Hall–Kier alpha value is -2.74.